The van der Waals surface area contributed by atoms with Gasteiger partial charge < -0.3 is 10.3 Å². The Bertz CT molecular complexity index is 428. The van der Waals surface area contributed by atoms with Gasteiger partial charge in [-0.25, -0.2) is 15.8 Å². The Morgan fingerprint density at radius 2 is 2.15 bits per heavy atom. The summed E-state index contributed by atoms with van der Waals surface area (Å²) in [4.78, 5) is 11.3. The van der Waals surface area contributed by atoms with Crippen LogP contribution in [0.15, 0.2) is 6.33 Å². The van der Waals surface area contributed by atoms with Crippen molar-refractivity contribution < 1.29 is 0 Å². The zero-order chi connectivity index (χ0) is 14.5. The summed E-state index contributed by atoms with van der Waals surface area (Å²) >= 11 is 0. The van der Waals surface area contributed by atoms with Crippen LogP contribution in [0, 0.1) is 5.92 Å². The van der Waals surface area contributed by atoms with Gasteiger partial charge in [0.25, 0.3) is 0 Å². The number of hydrazine groups is 1. The molecule has 1 aromatic heterocycles. The highest BCUT2D eigenvalue weighted by atomic mass is 15.3. The third kappa shape index (κ3) is 3.60. The van der Waals surface area contributed by atoms with Crippen molar-refractivity contribution in [2.24, 2.45) is 11.8 Å². The van der Waals surface area contributed by atoms with Gasteiger partial charge in [0.1, 0.15) is 18.0 Å². The van der Waals surface area contributed by atoms with Crippen molar-refractivity contribution in [3.8, 4) is 0 Å². The summed E-state index contributed by atoms with van der Waals surface area (Å²) in [6.07, 6.45) is 7.39. The summed E-state index contributed by atoms with van der Waals surface area (Å²) in [5.41, 5.74) is 3.88. The fourth-order valence-corrected chi connectivity index (χ4v) is 2.50. The van der Waals surface area contributed by atoms with E-state index in [1.165, 1.54) is 19.3 Å². The lowest BCUT2D eigenvalue weighted by Crippen LogP contribution is -2.30. The van der Waals surface area contributed by atoms with Gasteiger partial charge in [0.2, 0.25) is 0 Å². The Labute approximate surface area is 121 Å². The van der Waals surface area contributed by atoms with E-state index in [0.29, 0.717) is 12.0 Å². The quantitative estimate of drug-likeness (QED) is 0.565. The SMILES string of the molecule is CCCc1c(NN)ncnc1N(CCC(C)C)C1CC1. The normalized spacial score (nSPS) is 14.7. The topological polar surface area (TPSA) is 67.1 Å². The Morgan fingerprint density at radius 3 is 2.70 bits per heavy atom. The maximum atomic E-state index is 5.61. The van der Waals surface area contributed by atoms with Gasteiger partial charge in [0.15, 0.2) is 0 Å². The lowest BCUT2D eigenvalue weighted by Gasteiger charge is -2.27. The number of anilines is 2. The monoisotopic (exact) mass is 277 g/mol. The van der Waals surface area contributed by atoms with Gasteiger partial charge in [-0.1, -0.05) is 27.2 Å². The highest BCUT2D eigenvalue weighted by Gasteiger charge is 2.31. The third-order valence-electron chi connectivity index (χ3n) is 3.77. The van der Waals surface area contributed by atoms with Crippen molar-refractivity contribution >= 4 is 11.6 Å². The summed E-state index contributed by atoms with van der Waals surface area (Å²) < 4.78 is 0. The summed E-state index contributed by atoms with van der Waals surface area (Å²) in [6, 6.07) is 0.657. The number of rotatable bonds is 8. The molecule has 1 fully saturated rings. The molecule has 1 heterocycles. The molecule has 0 aromatic carbocycles. The van der Waals surface area contributed by atoms with Crippen molar-refractivity contribution in [2.45, 2.75) is 58.9 Å². The molecule has 0 amide bonds. The maximum absolute atomic E-state index is 5.61. The minimum atomic E-state index is 0.657. The molecule has 3 N–H and O–H groups in total. The number of nitrogens with zero attached hydrogens (tertiary/aromatic N) is 3. The maximum Gasteiger partial charge on any atom is 0.148 e. The van der Waals surface area contributed by atoms with Crippen molar-refractivity contribution in [3.05, 3.63) is 11.9 Å². The minimum Gasteiger partial charge on any atom is -0.353 e. The number of nitrogens with two attached hydrogens (primary N) is 1. The van der Waals surface area contributed by atoms with Crippen LogP contribution in [0.3, 0.4) is 0 Å². The molecule has 1 aromatic rings. The van der Waals surface area contributed by atoms with E-state index in [1.54, 1.807) is 6.33 Å². The average molecular weight is 277 g/mol. The number of hydrogen-bond donors (Lipinski definition) is 2. The van der Waals surface area contributed by atoms with E-state index in [2.05, 4.69) is 41.1 Å². The molecule has 20 heavy (non-hydrogen) atoms. The van der Waals surface area contributed by atoms with Gasteiger partial charge in [-0.15, -0.1) is 0 Å². The van der Waals surface area contributed by atoms with E-state index in [-0.39, 0.29) is 0 Å². The predicted octanol–water partition coefficient (Wildman–Crippen LogP) is 2.73. The molecular weight excluding hydrogens is 250 g/mol. The first-order valence-electron chi connectivity index (χ1n) is 7.74. The highest BCUT2D eigenvalue weighted by molar-refractivity contribution is 5.59. The molecule has 0 spiro atoms. The van der Waals surface area contributed by atoms with Crippen LogP contribution < -0.4 is 16.2 Å². The van der Waals surface area contributed by atoms with Crippen molar-refractivity contribution in [2.75, 3.05) is 16.9 Å². The van der Waals surface area contributed by atoms with Crippen LogP contribution in [-0.4, -0.2) is 22.6 Å². The van der Waals surface area contributed by atoms with E-state index in [0.717, 1.165) is 36.6 Å². The van der Waals surface area contributed by atoms with E-state index in [4.69, 9.17) is 5.84 Å². The van der Waals surface area contributed by atoms with Gasteiger partial charge in [-0.2, -0.15) is 0 Å². The minimum absolute atomic E-state index is 0.657. The largest absolute Gasteiger partial charge is 0.353 e. The van der Waals surface area contributed by atoms with Crippen molar-refractivity contribution in [1.82, 2.24) is 9.97 Å². The van der Waals surface area contributed by atoms with E-state index in [9.17, 15) is 0 Å². The zero-order valence-electron chi connectivity index (χ0n) is 12.9. The van der Waals surface area contributed by atoms with Crippen LogP contribution in [0.4, 0.5) is 11.6 Å². The van der Waals surface area contributed by atoms with Gasteiger partial charge in [-0.05, 0) is 31.6 Å². The molecule has 5 heteroatoms. The fourth-order valence-electron chi connectivity index (χ4n) is 2.50. The summed E-state index contributed by atoms with van der Waals surface area (Å²) in [5.74, 6) is 8.17. The van der Waals surface area contributed by atoms with Gasteiger partial charge in [-0.3, -0.25) is 0 Å². The second kappa shape index (κ2) is 6.88. The molecule has 1 saturated carbocycles. The summed E-state index contributed by atoms with van der Waals surface area (Å²) in [6.45, 7) is 7.78. The molecular formula is C15H27N5. The van der Waals surface area contributed by atoms with E-state index < -0.39 is 0 Å². The van der Waals surface area contributed by atoms with Crippen molar-refractivity contribution in [3.63, 3.8) is 0 Å². The van der Waals surface area contributed by atoms with Crippen LogP contribution in [-0.2, 0) is 6.42 Å². The van der Waals surface area contributed by atoms with E-state index >= 15 is 0 Å². The van der Waals surface area contributed by atoms with Crippen LogP contribution in [0.25, 0.3) is 0 Å². The first-order chi connectivity index (χ1) is 9.67. The number of nitrogen functional groups attached to an aromatic ring is 1. The van der Waals surface area contributed by atoms with Crippen molar-refractivity contribution in [1.29, 1.82) is 0 Å². The molecule has 1 aliphatic carbocycles. The first-order valence-corrected chi connectivity index (χ1v) is 7.74. The van der Waals surface area contributed by atoms with Gasteiger partial charge in [0.05, 0.1) is 0 Å². The Hall–Kier alpha value is -1.36. The molecule has 0 aliphatic heterocycles. The number of aromatic nitrogens is 2. The third-order valence-corrected chi connectivity index (χ3v) is 3.77. The average Bonchev–Trinajstić information content (AvgIpc) is 3.25. The van der Waals surface area contributed by atoms with Crippen LogP contribution in [0.1, 0.15) is 52.0 Å². The molecule has 0 saturated heterocycles. The van der Waals surface area contributed by atoms with E-state index in [1.807, 2.05) is 0 Å². The summed E-state index contributed by atoms with van der Waals surface area (Å²) in [5, 5.41) is 0. The lowest BCUT2D eigenvalue weighted by atomic mass is 10.1. The molecule has 1 aliphatic rings. The second-order valence-electron chi connectivity index (χ2n) is 6.03. The number of hydrogen-bond acceptors (Lipinski definition) is 5. The molecule has 0 unspecified atom stereocenters. The highest BCUT2D eigenvalue weighted by Crippen LogP contribution is 2.34. The fraction of sp³-hybridized carbons (Fsp3) is 0.733. The first kappa shape index (κ1) is 15.0. The van der Waals surface area contributed by atoms with Crippen LogP contribution in [0.2, 0.25) is 0 Å². The standard InChI is InChI=1S/C15H27N5/c1-4-5-13-14(19-16)17-10-18-15(13)20(12-6-7-12)9-8-11(2)3/h10-12H,4-9,16H2,1-3H3,(H,17,18,19). The predicted molar refractivity (Wildman–Crippen MR) is 83.7 cm³/mol. The van der Waals surface area contributed by atoms with Crippen LogP contribution in [0.5, 0.6) is 0 Å². The lowest BCUT2D eigenvalue weighted by molar-refractivity contribution is 0.567. The molecule has 5 nitrogen and oxygen atoms in total. The van der Waals surface area contributed by atoms with Crippen LogP contribution >= 0.6 is 0 Å². The zero-order valence-corrected chi connectivity index (χ0v) is 12.9. The molecule has 0 atom stereocenters. The summed E-state index contributed by atoms with van der Waals surface area (Å²) in [7, 11) is 0. The molecule has 0 radical (unpaired) electrons. The Morgan fingerprint density at radius 1 is 1.40 bits per heavy atom. The number of nitrogens with one attached hydrogen (secondary N) is 1. The Kier molecular flexibility index (Phi) is 5.17. The second-order valence-corrected chi connectivity index (χ2v) is 6.03. The molecule has 2 rings (SSSR count). The van der Waals surface area contributed by atoms with Gasteiger partial charge >= 0.3 is 0 Å². The Balaban J connectivity index is 2.26. The molecule has 112 valence electrons. The smallest absolute Gasteiger partial charge is 0.148 e. The molecule has 0 bridgehead atoms. The van der Waals surface area contributed by atoms with Gasteiger partial charge in [0, 0.05) is 18.2 Å².